The molecule has 0 aromatic carbocycles. The van der Waals surface area contributed by atoms with Crippen molar-refractivity contribution in [2.45, 2.75) is 46.2 Å². The first-order valence-corrected chi connectivity index (χ1v) is 6.29. The summed E-state index contributed by atoms with van der Waals surface area (Å²) in [6, 6.07) is 0. The Labute approximate surface area is 112 Å². The molecule has 0 saturated carbocycles. The Bertz CT molecular complexity index is 497. The third kappa shape index (κ3) is 3.49. The molecule has 0 bridgehead atoms. The zero-order chi connectivity index (χ0) is 13.9. The van der Waals surface area contributed by atoms with E-state index in [1.165, 1.54) is 0 Å². The van der Waals surface area contributed by atoms with Crippen LogP contribution in [0.25, 0.3) is 0 Å². The Kier molecular flexibility index (Phi) is 3.78. The van der Waals surface area contributed by atoms with E-state index in [4.69, 9.17) is 0 Å². The van der Waals surface area contributed by atoms with Gasteiger partial charge in [0.1, 0.15) is 11.7 Å². The minimum Gasteiger partial charge on any atom is -0.238 e. The lowest BCUT2D eigenvalue weighted by molar-refractivity contribution is 0.454. The van der Waals surface area contributed by atoms with Gasteiger partial charge in [-0.3, -0.25) is 0 Å². The summed E-state index contributed by atoms with van der Waals surface area (Å²) in [4.78, 5) is 9.25. The number of rotatable bonds is 0. The van der Waals surface area contributed by atoms with Crippen molar-refractivity contribution in [3.05, 3.63) is 23.5 Å². The van der Waals surface area contributed by atoms with Crippen LogP contribution in [-0.4, -0.2) is 17.3 Å². The zero-order valence-electron chi connectivity index (χ0n) is 11.8. The maximum absolute atomic E-state index is 4.63. The molecule has 6 heteroatoms. The van der Waals surface area contributed by atoms with Gasteiger partial charge in [-0.2, -0.15) is 10.2 Å². The van der Waals surface area contributed by atoms with Crippen LogP contribution in [0, 0.1) is 0 Å². The van der Waals surface area contributed by atoms with Crippen LogP contribution in [0.1, 0.15) is 40.5 Å². The molecule has 0 fully saturated rings. The van der Waals surface area contributed by atoms with E-state index in [2.05, 4.69) is 30.4 Å². The van der Waals surface area contributed by atoms with Gasteiger partial charge >= 0.3 is 0 Å². The van der Waals surface area contributed by atoms with Crippen LogP contribution < -0.4 is 0 Å². The second-order valence-corrected chi connectivity index (χ2v) is 4.80. The highest BCUT2D eigenvalue weighted by Crippen LogP contribution is 2.29. The van der Waals surface area contributed by atoms with Crippen LogP contribution in [0.15, 0.2) is 54.0 Å². The Hall–Kier alpha value is -1.98. The van der Waals surface area contributed by atoms with Crippen LogP contribution in [0.4, 0.5) is 0 Å². The minimum atomic E-state index is -0.574. The smallest absolute Gasteiger partial charge is 0.161 e. The van der Waals surface area contributed by atoms with Crippen LogP contribution in [0.2, 0.25) is 0 Å². The molecule has 0 aliphatic carbocycles. The molecule has 0 aromatic heterocycles. The highest BCUT2D eigenvalue weighted by Gasteiger charge is 2.28. The van der Waals surface area contributed by atoms with E-state index < -0.39 is 5.66 Å². The van der Waals surface area contributed by atoms with Crippen LogP contribution in [-0.2, 0) is 0 Å². The monoisotopic (exact) mass is 258 g/mol. The van der Waals surface area contributed by atoms with E-state index in [1.807, 2.05) is 39.8 Å². The SMILES string of the molecule is CC1=CCC2(C/C=C(/C)N=NC(C)=N2)N=C(C)N=N1. The summed E-state index contributed by atoms with van der Waals surface area (Å²) in [5.74, 6) is 1.26. The second kappa shape index (κ2) is 5.34. The summed E-state index contributed by atoms with van der Waals surface area (Å²) >= 11 is 0. The molecular formula is C13H18N6. The lowest BCUT2D eigenvalue weighted by Crippen LogP contribution is -2.26. The quantitative estimate of drug-likeness (QED) is 0.629. The maximum Gasteiger partial charge on any atom is 0.161 e. The van der Waals surface area contributed by atoms with Gasteiger partial charge in [-0.05, 0) is 27.7 Å². The van der Waals surface area contributed by atoms with Crippen molar-refractivity contribution in [2.75, 3.05) is 0 Å². The number of hydrogen-bond acceptors (Lipinski definition) is 6. The van der Waals surface area contributed by atoms with Gasteiger partial charge in [0.05, 0.1) is 11.4 Å². The molecular weight excluding hydrogens is 240 g/mol. The fourth-order valence-electron chi connectivity index (χ4n) is 1.94. The summed E-state index contributed by atoms with van der Waals surface area (Å²) in [5, 5.41) is 16.3. The lowest BCUT2D eigenvalue weighted by Gasteiger charge is -2.25. The fourth-order valence-corrected chi connectivity index (χ4v) is 1.94. The largest absolute Gasteiger partial charge is 0.238 e. The third-order valence-corrected chi connectivity index (χ3v) is 2.89. The first-order chi connectivity index (χ1) is 8.99. The van der Waals surface area contributed by atoms with Gasteiger partial charge in [0.2, 0.25) is 0 Å². The molecule has 1 atom stereocenters. The van der Waals surface area contributed by atoms with E-state index >= 15 is 0 Å². The van der Waals surface area contributed by atoms with Crippen molar-refractivity contribution in [1.82, 2.24) is 0 Å². The third-order valence-electron chi connectivity index (χ3n) is 2.89. The molecule has 2 aliphatic rings. The van der Waals surface area contributed by atoms with Crippen molar-refractivity contribution in [1.29, 1.82) is 0 Å². The number of hydrogen-bond donors (Lipinski definition) is 0. The number of azo groups is 2. The predicted octanol–water partition coefficient (Wildman–Crippen LogP) is 4.04. The van der Waals surface area contributed by atoms with Crippen molar-refractivity contribution in [3.63, 3.8) is 0 Å². The van der Waals surface area contributed by atoms with Gasteiger partial charge in [0.25, 0.3) is 0 Å². The van der Waals surface area contributed by atoms with Crippen LogP contribution >= 0.6 is 0 Å². The molecule has 0 radical (unpaired) electrons. The molecule has 6 nitrogen and oxygen atoms in total. The topological polar surface area (TPSA) is 74.2 Å². The van der Waals surface area contributed by atoms with Gasteiger partial charge in [-0.15, -0.1) is 10.2 Å². The molecule has 0 saturated heterocycles. The highest BCUT2D eigenvalue weighted by atomic mass is 15.2. The van der Waals surface area contributed by atoms with E-state index in [1.54, 1.807) is 0 Å². The number of allylic oxidation sites excluding steroid dienone is 2. The van der Waals surface area contributed by atoms with Crippen molar-refractivity contribution in [3.8, 4) is 0 Å². The number of aliphatic imine (C=N–C) groups is 2. The lowest BCUT2D eigenvalue weighted by atomic mass is 10.0. The first-order valence-electron chi connectivity index (χ1n) is 6.29. The average molecular weight is 258 g/mol. The Morgan fingerprint density at radius 3 is 1.58 bits per heavy atom. The standard InChI is InChI=1S/C13H18N6/c1-9-5-7-13(14-11(3)18-16-9)8-6-10(2)17-19-12(4)15-13/h5-6H,7-8H2,1-4H3/b9-5-,10-6?,14-11?,15-12?,18-16?,19-17?. The molecule has 2 rings (SSSR count). The summed E-state index contributed by atoms with van der Waals surface area (Å²) in [5.41, 5.74) is 1.19. The molecule has 2 heterocycles. The normalized spacial score (nSPS) is 30.3. The van der Waals surface area contributed by atoms with Crippen molar-refractivity contribution in [2.24, 2.45) is 30.4 Å². The summed E-state index contributed by atoms with van der Waals surface area (Å²) in [6.07, 6.45) is 5.40. The van der Waals surface area contributed by atoms with Crippen LogP contribution in [0.5, 0.6) is 0 Å². The van der Waals surface area contributed by atoms with Gasteiger partial charge in [-0.25, -0.2) is 9.98 Å². The molecule has 1 spiro atoms. The van der Waals surface area contributed by atoms with E-state index in [0.717, 1.165) is 11.4 Å². The predicted molar refractivity (Wildman–Crippen MR) is 75.4 cm³/mol. The van der Waals surface area contributed by atoms with E-state index in [0.29, 0.717) is 24.5 Å². The first kappa shape index (κ1) is 13.5. The summed E-state index contributed by atoms with van der Waals surface area (Å²) < 4.78 is 0. The van der Waals surface area contributed by atoms with Gasteiger partial charge in [0.15, 0.2) is 5.66 Å². The van der Waals surface area contributed by atoms with Gasteiger partial charge in [-0.1, -0.05) is 12.2 Å². The number of nitrogens with zero attached hydrogens (tertiary/aromatic N) is 6. The second-order valence-electron chi connectivity index (χ2n) is 4.80. The number of amidine groups is 2. The van der Waals surface area contributed by atoms with Crippen molar-refractivity contribution >= 4 is 11.7 Å². The minimum absolute atomic E-state index is 0.574. The molecule has 0 amide bonds. The summed E-state index contributed by atoms with van der Waals surface area (Å²) in [7, 11) is 0. The Balaban J connectivity index is 2.50. The van der Waals surface area contributed by atoms with Gasteiger partial charge in [0, 0.05) is 12.8 Å². The van der Waals surface area contributed by atoms with E-state index in [9.17, 15) is 0 Å². The Morgan fingerprint density at radius 1 is 0.737 bits per heavy atom. The van der Waals surface area contributed by atoms with Crippen LogP contribution in [0.3, 0.4) is 0 Å². The van der Waals surface area contributed by atoms with E-state index in [-0.39, 0.29) is 0 Å². The fraction of sp³-hybridized carbons (Fsp3) is 0.538. The molecule has 2 aliphatic heterocycles. The molecule has 0 aromatic rings. The van der Waals surface area contributed by atoms with Gasteiger partial charge < -0.3 is 0 Å². The average Bonchev–Trinajstić information content (AvgIpc) is 2.35. The molecule has 1 unspecified atom stereocenters. The van der Waals surface area contributed by atoms with Crippen molar-refractivity contribution < 1.29 is 0 Å². The zero-order valence-corrected chi connectivity index (χ0v) is 11.8. The molecule has 100 valence electrons. The maximum atomic E-state index is 4.63. The molecule has 19 heavy (non-hydrogen) atoms. The molecule has 0 N–H and O–H groups in total. The highest BCUT2D eigenvalue weighted by molar-refractivity contribution is 5.82. The Morgan fingerprint density at radius 2 is 1.16 bits per heavy atom. The summed E-state index contributed by atoms with van der Waals surface area (Å²) in [6.45, 7) is 7.53.